The molecule has 1 rings (SSSR count). The van der Waals surface area contributed by atoms with Crippen molar-refractivity contribution < 1.29 is 0 Å². The molecule has 0 saturated carbocycles. The molecule has 1 unspecified atom stereocenters. The van der Waals surface area contributed by atoms with Gasteiger partial charge >= 0.3 is 96.4 Å². The van der Waals surface area contributed by atoms with Crippen molar-refractivity contribution in [3.05, 3.63) is 35.9 Å². The molecule has 3 heteroatoms. The average molecular weight is 251 g/mol. The Morgan fingerprint density at radius 3 is 2.14 bits per heavy atom. The zero-order valence-electron chi connectivity index (χ0n) is 8.63. The van der Waals surface area contributed by atoms with Crippen LogP contribution in [0.3, 0.4) is 0 Å². The standard InChI is InChI=1S/C11H17Cl2P/c1-3-11(14(12,13)4-2)10-8-6-5-7-9-10/h5-9,11,14H,3-4H2,1-2H3. The minimum absolute atomic E-state index is 0.358. The van der Waals surface area contributed by atoms with Gasteiger partial charge in [0, 0.05) is 0 Å². The van der Waals surface area contributed by atoms with Gasteiger partial charge in [-0.2, -0.15) is 0 Å². The summed E-state index contributed by atoms with van der Waals surface area (Å²) in [4.78, 5) is 0. The Bertz CT molecular complexity index is 272. The van der Waals surface area contributed by atoms with E-state index in [9.17, 15) is 0 Å². The normalized spacial score (nSPS) is 15.1. The van der Waals surface area contributed by atoms with Gasteiger partial charge in [-0.15, -0.1) is 0 Å². The molecular weight excluding hydrogens is 234 g/mol. The van der Waals surface area contributed by atoms with Crippen molar-refractivity contribution in [2.75, 3.05) is 6.16 Å². The molecule has 0 spiro atoms. The number of hydrogen-bond acceptors (Lipinski definition) is 0. The van der Waals surface area contributed by atoms with Crippen LogP contribution in [-0.2, 0) is 0 Å². The van der Waals surface area contributed by atoms with Crippen LogP contribution in [0.15, 0.2) is 30.3 Å². The van der Waals surface area contributed by atoms with Crippen LogP contribution >= 0.6 is 28.4 Å². The van der Waals surface area contributed by atoms with E-state index >= 15 is 0 Å². The quantitative estimate of drug-likeness (QED) is 0.644. The Hall–Kier alpha value is 0.230. The monoisotopic (exact) mass is 250 g/mol. The van der Waals surface area contributed by atoms with Crippen molar-refractivity contribution in [3.63, 3.8) is 0 Å². The van der Waals surface area contributed by atoms with Crippen molar-refractivity contribution in [2.24, 2.45) is 0 Å². The Morgan fingerprint density at radius 2 is 1.71 bits per heavy atom. The van der Waals surface area contributed by atoms with Gasteiger partial charge in [0.1, 0.15) is 0 Å². The van der Waals surface area contributed by atoms with E-state index in [1.807, 2.05) is 18.2 Å². The molecule has 0 aliphatic rings. The summed E-state index contributed by atoms with van der Waals surface area (Å²) >= 11 is 12.9. The second-order valence-electron chi connectivity index (χ2n) is 3.49. The van der Waals surface area contributed by atoms with Crippen molar-refractivity contribution in [1.29, 1.82) is 0 Å². The van der Waals surface area contributed by atoms with Crippen molar-refractivity contribution in [3.8, 4) is 0 Å². The summed E-state index contributed by atoms with van der Waals surface area (Å²) in [6.45, 7) is 4.23. The van der Waals surface area contributed by atoms with E-state index in [1.165, 1.54) is 5.56 Å². The van der Waals surface area contributed by atoms with E-state index in [0.29, 0.717) is 5.66 Å². The first-order chi connectivity index (χ1) is 6.61. The van der Waals surface area contributed by atoms with Gasteiger partial charge < -0.3 is 0 Å². The van der Waals surface area contributed by atoms with E-state index in [2.05, 4.69) is 26.0 Å². The number of rotatable bonds is 4. The fourth-order valence-electron chi connectivity index (χ4n) is 1.71. The number of benzene rings is 1. The summed E-state index contributed by atoms with van der Waals surface area (Å²) < 4.78 is 0. The molecule has 0 nitrogen and oxygen atoms in total. The van der Waals surface area contributed by atoms with E-state index in [1.54, 1.807) is 0 Å². The first-order valence-corrected chi connectivity index (χ1v) is 9.35. The van der Waals surface area contributed by atoms with Gasteiger partial charge in [0.15, 0.2) is 0 Å². The van der Waals surface area contributed by atoms with Gasteiger partial charge in [0.05, 0.1) is 0 Å². The Labute approximate surface area is 96.5 Å². The second-order valence-corrected chi connectivity index (χ2v) is 11.0. The zero-order valence-corrected chi connectivity index (χ0v) is 11.1. The SMILES string of the molecule is CCC(c1ccccc1)[PH](Cl)(Cl)CC. The van der Waals surface area contributed by atoms with Crippen LogP contribution < -0.4 is 0 Å². The van der Waals surface area contributed by atoms with Gasteiger partial charge in [0.2, 0.25) is 0 Å². The molecule has 0 radical (unpaired) electrons. The molecule has 1 aromatic rings. The summed E-state index contributed by atoms with van der Waals surface area (Å²) in [5.74, 6) is -2.10. The van der Waals surface area contributed by atoms with Gasteiger partial charge in [-0.05, 0) is 0 Å². The summed E-state index contributed by atoms with van der Waals surface area (Å²) in [6, 6.07) is 10.4. The first-order valence-electron chi connectivity index (χ1n) is 5.04. The molecule has 80 valence electrons. The van der Waals surface area contributed by atoms with Crippen molar-refractivity contribution in [2.45, 2.75) is 25.9 Å². The maximum atomic E-state index is 6.43. The summed E-state index contributed by atoms with van der Waals surface area (Å²) in [7, 11) is 0. The number of halogens is 2. The second kappa shape index (κ2) is 5.35. The van der Waals surface area contributed by atoms with E-state index in [4.69, 9.17) is 22.5 Å². The third kappa shape index (κ3) is 2.86. The first kappa shape index (κ1) is 12.3. The Morgan fingerprint density at radius 1 is 1.14 bits per heavy atom. The Balaban J connectivity index is 2.93. The average Bonchev–Trinajstić information content (AvgIpc) is 2.20. The maximum absolute atomic E-state index is 6.43. The van der Waals surface area contributed by atoms with Crippen LogP contribution in [0.25, 0.3) is 0 Å². The predicted molar refractivity (Wildman–Crippen MR) is 70.0 cm³/mol. The van der Waals surface area contributed by atoms with Crippen LogP contribution in [0.1, 0.15) is 31.5 Å². The van der Waals surface area contributed by atoms with Crippen molar-refractivity contribution in [1.82, 2.24) is 0 Å². The summed E-state index contributed by atoms with van der Waals surface area (Å²) in [5, 5.41) is 0. The zero-order chi connectivity index (χ0) is 10.6. The van der Waals surface area contributed by atoms with Gasteiger partial charge in [-0.1, -0.05) is 0 Å². The molecule has 0 amide bonds. The topological polar surface area (TPSA) is 0 Å². The van der Waals surface area contributed by atoms with Gasteiger partial charge in [-0.25, -0.2) is 0 Å². The molecule has 0 aliphatic carbocycles. The van der Waals surface area contributed by atoms with Crippen LogP contribution in [0.5, 0.6) is 0 Å². The molecule has 1 atom stereocenters. The van der Waals surface area contributed by atoms with Crippen molar-refractivity contribution >= 4 is 28.4 Å². The van der Waals surface area contributed by atoms with E-state index < -0.39 is 5.97 Å². The third-order valence-electron chi connectivity index (χ3n) is 2.59. The van der Waals surface area contributed by atoms with E-state index in [-0.39, 0.29) is 0 Å². The molecule has 0 bridgehead atoms. The molecule has 1 aromatic carbocycles. The molecule has 0 aliphatic heterocycles. The molecule has 0 fully saturated rings. The fourth-order valence-corrected chi connectivity index (χ4v) is 5.16. The molecule has 14 heavy (non-hydrogen) atoms. The minimum atomic E-state index is -2.10. The van der Waals surface area contributed by atoms with Gasteiger partial charge in [0.25, 0.3) is 0 Å². The molecular formula is C11H17Cl2P. The van der Waals surface area contributed by atoms with Crippen LogP contribution in [0.4, 0.5) is 0 Å². The molecule has 0 heterocycles. The van der Waals surface area contributed by atoms with Gasteiger partial charge in [-0.3, -0.25) is 0 Å². The van der Waals surface area contributed by atoms with Crippen LogP contribution in [0, 0.1) is 0 Å². The third-order valence-corrected chi connectivity index (χ3v) is 8.48. The van der Waals surface area contributed by atoms with Crippen LogP contribution in [-0.4, -0.2) is 6.16 Å². The molecule has 0 N–H and O–H groups in total. The summed E-state index contributed by atoms with van der Waals surface area (Å²) in [5.41, 5.74) is 1.64. The van der Waals surface area contributed by atoms with E-state index in [0.717, 1.165) is 12.6 Å². The number of hydrogen-bond donors (Lipinski definition) is 0. The molecule has 0 saturated heterocycles. The van der Waals surface area contributed by atoms with Crippen LogP contribution in [0.2, 0.25) is 0 Å². The molecule has 0 aromatic heterocycles. The predicted octanol–water partition coefficient (Wildman–Crippen LogP) is 5.22. The summed E-state index contributed by atoms with van der Waals surface area (Å²) in [6.07, 6.45) is 1.93. The Kier molecular flexibility index (Phi) is 4.70. The fraction of sp³-hybridized carbons (Fsp3) is 0.455.